The predicted molar refractivity (Wildman–Crippen MR) is 243 cm³/mol. The molecule has 278 valence electrons. The first kappa shape index (κ1) is 34.9. The second-order valence-corrected chi connectivity index (χ2v) is 17.5. The third kappa shape index (κ3) is 5.88. The molecule has 8 aromatic carbocycles. The lowest BCUT2D eigenvalue weighted by atomic mass is 9.85. The monoisotopic (exact) mass is 738 g/mol. The molecule has 2 aromatic heterocycles. The van der Waals surface area contributed by atoms with E-state index in [0.717, 1.165) is 44.7 Å². The topological polar surface area (TPSA) is 21.3 Å². The van der Waals surface area contributed by atoms with Crippen LogP contribution in [0.3, 0.4) is 0 Å². The van der Waals surface area contributed by atoms with Gasteiger partial charge in [-0.15, -0.1) is 0 Å². The molecular weight excluding hydrogens is 693 g/mol. The zero-order valence-corrected chi connectivity index (χ0v) is 33.5. The maximum Gasteiger partial charge on any atom is 0.160 e. The molecule has 0 N–H and O–H groups in total. The Kier molecular flexibility index (Phi) is 7.95. The van der Waals surface area contributed by atoms with Crippen molar-refractivity contribution in [1.82, 2.24) is 4.57 Å². The average Bonchev–Trinajstić information content (AvgIpc) is 3.77. The van der Waals surface area contributed by atoms with Gasteiger partial charge in [0.2, 0.25) is 0 Å². The summed E-state index contributed by atoms with van der Waals surface area (Å²) in [6.07, 6.45) is 0. The first-order chi connectivity index (χ1) is 27.5. The second kappa shape index (κ2) is 13.0. The van der Waals surface area contributed by atoms with Gasteiger partial charge in [0.05, 0.1) is 16.7 Å². The van der Waals surface area contributed by atoms with E-state index in [1.54, 1.807) is 0 Å². The highest BCUT2D eigenvalue weighted by Crippen LogP contribution is 2.46. The fraction of sp³-hybridized carbons (Fsp3) is 0.148. The average molecular weight is 739 g/mol. The number of benzene rings is 8. The number of nitrogens with zero attached hydrogens (tertiary/aromatic N) is 2. The summed E-state index contributed by atoms with van der Waals surface area (Å²) in [6.45, 7) is 13.8. The van der Waals surface area contributed by atoms with E-state index in [1.807, 2.05) is 6.07 Å². The van der Waals surface area contributed by atoms with E-state index < -0.39 is 0 Å². The van der Waals surface area contributed by atoms with Crippen LogP contribution >= 0.6 is 0 Å². The molecule has 0 unspecified atom stereocenters. The molecule has 3 nitrogen and oxygen atoms in total. The fourth-order valence-corrected chi connectivity index (χ4v) is 8.57. The summed E-state index contributed by atoms with van der Waals surface area (Å²) in [5.74, 6) is 0. The van der Waals surface area contributed by atoms with Crippen molar-refractivity contribution >= 4 is 71.6 Å². The Labute approximate surface area is 334 Å². The Balaban J connectivity index is 1.18. The summed E-state index contributed by atoms with van der Waals surface area (Å²) >= 11 is 0. The van der Waals surface area contributed by atoms with Crippen LogP contribution in [0.1, 0.15) is 52.7 Å². The molecule has 0 fully saturated rings. The van der Waals surface area contributed by atoms with Crippen LogP contribution in [-0.4, -0.2) is 4.57 Å². The van der Waals surface area contributed by atoms with Crippen molar-refractivity contribution in [3.05, 3.63) is 181 Å². The van der Waals surface area contributed by atoms with Gasteiger partial charge in [-0.1, -0.05) is 139 Å². The molecule has 57 heavy (non-hydrogen) atoms. The first-order valence-corrected chi connectivity index (χ1v) is 20.0. The molecular formula is C54H46N2O. The van der Waals surface area contributed by atoms with Gasteiger partial charge in [0, 0.05) is 38.6 Å². The molecule has 0 spiro atoms. The predicted octanol–water partition coefficient (Wildman–Crippen LogP) is 15.6. The van der Waals surface area contributed by atoms with Gasteiger partial charge in [0.25, 0.3) is 0 Å². The van der Waals surface area contributed by atoms with Crippen LogP contribution in [0.25, 0.3) is 71.3 Å². The highest BCUT2D eigenvalue weighted by molar-refractivity contribution is 6.23. The van der Waals surface area contributed by atoms with Crippen molar-refractivity contribution in [3.63, 3.8) is 0 Å². The van der Waals surface area contributed by atoms with Gasteiger partial charge in [-0.2, -0.15) is 0 Å². The van der Waals surface area contributed by atoms with Crippen LogP contribution < -0.4 is 4.90 Å². The number of hydrogen-bond acceptors (Lipinski definition) is 2. The first-order valence-electron chi connectivity index (χ1n) is 20.0. The molecule has 0 aliphatic heterocycles. The van der Waals surface area contributed by atoms with Crippen LogP contribution in [0.5, 0.6) is 0 Å². The van der Waals surface area contributed by atoms with Crippen LogP contribution in [-0.2, 0) is 10.8 Å². The molecule has 10 aromatic rings. The third-order valence-electron chi connectivity index (χ3n) is 11.7. The van der Waals surface area contributed by atoms with Crippen LogP contribution in [0.4, 0.5) is 17.1 Å². The lowest BCUT2D eigenvalue weighted by Gasteiger charge is -2.26. The number of hydrogen-bond donors (Lipinski definition) is 0. The van der Waals surface area contributed by atoms with Gasteiger partial charge in [0.15, 0.2) is 5.58 Å². The minimum Gasteiger partial charge on any atom is -0.454 e. The van der Waals surface area contributed by atoms with Crippen molar-refractivity contribution in [2.45, 2.75) is 52.4 Å². The Morgan fingerprint density at radius 3 is 1.60 bits per heavy atom. The van der Waals surface area contributed by atoms with Gasteiger partial charge in [-0.3, -0.25) is 0 Å². The van der Waals surface area contributed by atoms with E-state index in [4.69, 9.17) is 4.42 Å². The molecule has 0 amide bonds. The molecule has 0 aliphatic carbocycles. The minimum atomic E-state index is 0.0443. The van der Waals surface area contributed by atoms with Gasteiger partial charge < -0.3 is 13.9 Å². The number of fused-ring (bicyclic) bond motifs is 8. The number of furan rings is 1. The number of anilines is 3. The van der Waals surface area contributed by atoms with Crippen molar-refractivity contribution in [2.24, 2.45) is 0 Å². The Morgan fingerprint density at radius 2 is 0.982 bits per heavy atom. The molecule has 3 heteroatoms. The van der Waals surface area contributed by atoms with Gasteiger partial charge in [0.1, 0.15) is 5.58 Å². The summed E-state index contributed by atoms with van der Waals surface area (Å²) in [7, 11) is 0. The van der Waals surface area contributed by atoms with Crippen LogP contribution in [0.15, 0.2) is 174 Å². The molecule has 0 bridgehead atoms. The third-order valence-corrected chi connectivity index (χ3v) is 11.7. The summed E-state index contributed by atoms with van der Waals surface area (Å²) in [5, 5.41) is 7.19. The van der Waals surface area contributed by atoms with Crippen LogP contribution in [0.2, 0.25) is 0 Å². The summed E-state index contributed by atoms with van der Waals surface area (Å²) in [5.41, 5.74) is 13.6. The normalized spacial score (nSPS) is 12.4. The van der Waals surface area contributed by atoms with Gasteiger partial charge >= 0.3 is 0 Å². The lowest BCUT2D eigenvalue weighted by Crippen LogP contribution is -2.11. The molecule has 0 radical (unpaired) electrons. The van der Waals surface area contributed by atoms with E-state index >= 15 is 0 Å². The minimum absolute atomic E-state index is 0.0443. The van der Waals surface area contributed by atoms with Crippen molar-refractivity contribution < 1.29 is 4.42 Å². The Hall–Kier alpha value is -6.58. The smallest absolute Gasteiger partial charge is 0.160 e. The highest BCUT2D eigenvalue weighted by atomic mass is 16.3. The van der Waals surface area contributed by atoms with E-state index in [9.17, 15) is 0 Å². The molecule has 0 atom stereocenters. The maximum atomic E-state index is 6.81. The van der Waals surface area contributed by atoms with E-state index in [2.05, 4.69) is 215 Å². The highest BCUT2D eigenvalue weighted by Gasteiger charge is 2.24. The van der Waals surface area contributed by atoms with E-state index in [0.29, 0.717) is 0 Å². The van der Waals surface area contributed by atoms with Crippen molar-refractivity contribution in [2.75, 3.05) is 4.90 Å². The van der Waals surface area contributed by atoms with E-state index in [-0.39, 0.29) is 10.8 Å². The largest absolute Gasteiger partial charge is 0.454 e. The van der Waals surface area contributed by atoms with E-state index in [1.165, 1.54) is 54.8 Å². The SMILES string of the molecule is CC(C)(C)c1ccc2c(c1)c1cc(C(C)(C)C)ccc1n2-c1ccc(N(c2ccc(-c3ccccc3)cc2)c2cc3ccccc3c3c2oc2ccccc23)cc1. The number of aromatic nitrogens is 1. The number of rotatable bonds is 5. The zero-order chi connectivity index (χ0) is 39.1. The Morgan fingerprint density at radius 1 is 0.456 bits per heavy atom. The van der Waals surface area contributed by atoms with Gasteiger partial charge in [-0.25, -0.2) is 0 Å². The summed E-state index contributed by atoms with van der Waals surface area (Å²) < 4.78 is 9.24. The zero-order valence-electron chi connectivity index (χ0n) is 33.5. The maximum absolute atomic E-state index is 6.81. The molecule has 0 aliphatic rings. The molecule has 0 saturated heterocycles. The summed E-state index contributed by atoms with van der Waals surface area (Å²) in [4.78, 5) is 2.35. The van der Waals surface area contributed by atoms with Gasteiger partial charge in [-0.05, 0) is 117 Å². The number of para-hydroxylation sites is 1. The lowest BCUT2D eigenvalue weighted by molar-refractivity contribution is 0.590. The van der Waals surface area contributed by atoms with Crippen molar-refractivity contribution in [1.29, 1.82) is 0 Å². The quantitative estimate of drug-likeness (QED) is 0.175. The Bertz CT molecular complexity index is 3040. The summed E-state index contributed by atoms with van der Waals surface area (Å²) in [6, 6.07) is 61.9. The second-order valence-electron chi connectivity index (χ2n) is 17.5. The fourth-order valence-electron chi connectivity index (χ4n) is 8.57. The molecule has 2 heterocycles. The van der Waals surface area contributed by atoms with Crippen LogP contribution in [0, 0.1) is 0 Å². The van der Waals surface area contributed by atoms with Crippen molar-refractivity contribution in [3.8, 4) is 16.8 Å². The standard InChI is InChI=1S/C54H46N2O/c1-53(2,3)38-22-30-47-45(33-38)46-34-39(54(4,5)6)23-31-48(46)56(47)42-28-26-41(27-29-42)55(40-24-20-36(21-25-40)35-14-8-7-9-15-35)49-32-37-16-10-11-17-43(37)51-44-18-12-13-19-50(44)57-52(49)51/h7-34H,1-6H3. The molecule has 0 saturated carbocycles. The molecule has 10 rings (SSSR count).